The molecule has 0 N–H and O–H groups in total. The standard InChI is InChI=1S/C29H33FN6O3.C6H15N.C4H9NO/c1-34(2)9-10-35-8-6-24-23(15-35)26(5-7-32-24)38-22-12-29(13-22)17-36(18-29)28-27(14-31-19-33-28)39-25-4-3-21(30)11-20(25)16-37;1-5-7(4)6(2)3;1-5(2)3-4-6/h3-5,7,11,14,16,19,22H,6,8-10,12-13,15,17-18H2,1-2H3;6H,5H2,1-4H3;4H,3H2,1-2H3. The van der Waals surface area contributed by atoms with Gasteiger partial charge in [-0.15, -0.1) is 0 Å². The number of halogens is 1. The van der Waals surface area contributed by atoms with Crippen molar-refractivity contribution in [2.75, 3.05) is 86.0 Å². The van der Waals surface area contributed by atoms with Crippen molar-refractivity contribution >= 4 is 18.4 Å². The number of ether oxygens (including phenoxy) is 2. The Balaban J connectivity index is 0.000000399. The van der Waals surface area contributed by atoms with Crippen LogP contribution in [-0.4, -0.2) is 140 Å². The largest absolute Gasteiger partial charge is 0.490 e. The predicted molar refractivity (Wildman–Crippen MR) is 202 cm³/mol. The first-order chi connectivity index (χ1) is 24.9. The highest BCUT2D eigenvalue weighted by molar-refractivity contribution is 5.79. The molecule has 1 aromatic carbocycles. The Morgan fingerprint density at radius 3 is 2.37 bits per heavy atom. The summed E-state index contributed by atoms with van der Waals surface area (Å²) in [6.45, 7) is 13.9. The van der Waals surface area contributed by atoms with Gasteiger partial charge in [-0.05, 0) is 92.7 Å². The molecule has 1 saturated carbocycles. The zero-order chi connectivity index (χ0) is 37.8. The summed E-state index contributed by atoms with van der Waals surface area (Å²) in [7, 11) is 10.1. The highest BCUT2D eigenvalue weighted by atomic mass is 19.1. The number of nitrogens with zero attached hydrogens (tertiary/aromatic N) is 8. The smallest absolute Gasteiger partial charge is 0.188 e. The van der Waals surface area contributed by atoms with E-state index >= 15 is 0 Å². The van der Waals surface area contributed by atoms with Crippen molar-refractivity contribution in [1.82, 2.24) is 34.6 Å². The number of pyridine rings is 1. The van der Waals surface area contributed by atoms with Gasteiger partial charge in [0, 0.05) is 74.6 Å². The molecule has 2 aliphatic heterocycles. The number of likely N-dealkylation sites (N-methyl/N-ethyl adjacent to an activating group) is 2. The third-order valence-corrected chi connectivity index (χ3v) is 9.78. The second-order valence-corrected chi connectivity index (χ2v) is 14.8. The van der Waals surface area contributed by atoms with Crippen molar-refractivity contribution in [3.05, 3.63) is 65.6 Å². The van der Waals surface area contributed by atoms with Gasteiger partial charge in [0.2, 0.25) is 0 Å². The minimum Gasteiger partial charge on any atom is -0.490 e. The van der Waals surface area contributed by atoms with Crippen LogP contribution in [0.5, 0.6) is 17.2 Å². The molecule has 1 aliphatic carbocycles. The van der Waals surface area contributed by atoms with Gasteiger partial charge >= 0.3 is 0 Å². The molecule has 0 unspecified atom stereocenters. The Hall–Kier alpha value is -4.04. The number of anilines is 1. The molecule has 0 atom stereocenters. The number of hydrogen-bond donors (Lipinski definition) is 0. The highest BCUT2D eigenvalue weighted by Crippen LogP contribution is 2.52. The van der Waals surface area contributed by atoms with E-state index in [2.05, 4.69) is 76.5 Å². The molecular weight excluding hydrogens is 663 g/mol. The number of rotatable bonds is 13. The van der Waals surface area contributed by atoms with Crippen LogP contribution in [0.25, 0.3) is 0 Å². The maximum atomic E-state index is 13.5. The van der Waals surface area contributed by atoms with Crippen LogP contribution in [0.1, 0.15) is 55.2 Å². The molecule has 52 heavy (non-hydrogen) atoms. The van der Waals surface area contributed by atoms with Crippen molar-refractivity contribution in [2.24, 2.45) is 5.41 Å². The lowest BCUT2D eigenvalue weighted by Gasteiger charge is -2.59. The maximum absolute atomic E-state index is 13.5. The molecule has 0 bridgehead atoms. The van der Waals surface area contributed by atoms with E-state index in [9.17, 15) is 14.0 Å². The van der Waals surface area contributed by atoms with E-state index < -0.39 is 5.82 Å². The van der Waals surface area contributed by atoms with Crippen molar-refractivity contribution in [3.8, 4) is 17.2 Å². The maximum Gasteiger partial charge on any atom is 0.188 e. The van der Waals surface area contributed by atoms with E-state index in [0.29, 0.717) is 30.4 Å². The average Bonchev–Trinajstić information content (AvgIpc) is 3.09. The number of benzene rings is 1. The number of hydrogen-bond acceptors (Lipinski definition) is 12. The third-order valence-electron chi connectivity index (χ3n) is 9.78. The molecule has 6 rings (SSSR count). The van der Waals surface area contributed by atoms with Crippen LogP contribution in [0.4, 0.5) is 10.2 Å². The van der Waals surface area contributed by atoms with Crippen LogP contribution < -0.4 is 14.4 Å². The first-order valence-corrected chi connectivity index (χ1v) is 18.1. The normalized spacial score (nSPS) is 16.4. The molecule has 1 saturated heterocycles. The Labute approximate surface area is 308 Å². The fourth-order valence-electron chi connectivity index (χ4n) is 6.41. The van der Waals surface area contributed by atoms with Crippen LogP contribution in [0.3, 0.4) is 0 Å². The zero-order valence-electron chi connectivity index (χ0n) is 32.2. The number of fused-ring (bicyclic) bond motifs is 1. The number of carbonyl (C=O) groups is 2. The van der Waals surface area contributed by atoms with Gasteiger partial charge in [-0.1, -0.05) is 6.92 Å². The van der Waals surface area contributed by atoms with Crippen LogP contribution in [0.2, 0.25) is 0 Å². The molecule has 2 fully saturated rings. The van der Waals surface area contributed by atoms with Crippen molar-refractivity contribution < 1.29 is 23.5 Å². The zero-order valence-corrected chi connectivity index (χ0v) is 32.2. The second-order valence-electron chi connectivity index (χ2n) is 14.8. The Bertz CT molecular complexity index is 1590. The topological polar surface area (TPSA) is 107 Å². The molecule has 0 amide bonds. The van der Waals surface area contributed by atoms with Gasteiger partial charge in [-0.25, -0.2) is 14.4 Å². The summed E-state index contributed by atoms with van der Waals surface area (Å²) in [5, 5.41) is 0. The fourth-order valence-corrected chi connectivity index (χ4v) is 6.41. The molecule has 3 aromatic rings. The third kappa shape index (κ3) is 11.2. The lowest BCUT2D eigenvalue weighted by Crippen LogP contribution is -2.65. The van der Waals surface area contributed by atoms with E-state index in [1.807, 2.05) is 31.3 Å². The number of aromatic nitrogens is 3. The molecular formula is C39H57FN8O4. The summed E-state index contributed by atoms with van der Waals surface area (Å²) in [6.07, 6.45) is 9.50. The Morgan fingerprint density at radius 2 is 1.77 bits per heavy atom. The minimum absolute atomic E-state index is 0.142. The SMILES string of the molecule is CCN(C)C(C)C.CN(C)CC=O.CN(C)CCN1CCc2nccc(OC3CC4(C3)CN(c3ncncc3Oc3ccc(F)cc3C=O)C4)c2C1. The second kappa shape index (κ2) is 19.2. The van der Waals surface area contributed by atoms with Crippen LogP contribution >= 0.6 is 0 Å². The lowest BCUT2D eigenvalue weighted by atomic mass is 9.61. The molecule has 12 nitrogen and oxygen atoms in total. The summed E-state index contributed by atoms with van der Waals surface area (Å²) in [6, 6.07) is 6.57. The minimum atomic E-state index is -0.491. The van der Waals surface area contributed by atoms with E-state index in [1.54, 1.807) is 6.20 Å². The van der Waals surface area contributed by atoms with E-state index in [1.165, 1.54) is 24.0 Å². The summed E-state index contributed by atoms with van der Waals surface area (Å²) < 4.78 is 26.0. The predicted octanol–water partition coefficient (Wildman–Crippen LogP) is 4.68. The van der Waals surface area contributed by atoms with Crippen molar-refractivity contribution in [2.45, 2.75) is 58.7 Å². The van der Waals surface area contributed by atoms with Gasteiger partial charge in [0.25, 0.3) is 0 Å². The van der Waals surface area contributed by atoms with Gasteiger partial charge < -0.3 is 33.9 Å². The van der Waals surface area contributed by atoms with E-state index in [0.717, 1.165) is 88.9 Å². The van der Waals surface area contributed by atoms with Gasteiger partial charge in [-0.2, -0.15) is 0 Å². The van der Waals surface area contributed by atoms with Crippen molar-refractivity contribution in [3.63, 3.8) is 0 Å². The lowest BCUT2D eigenvalue weighted by molar-refractivity contribution is -0.108. The Morgan fingerprint density at radius 1 is 1.02 bits per heavy atom. The molecule has 0 radical (unpaired) electrons. The molecule has 13 heteroatoms. The van der Waals surface area contributed by atoms with Crippen molar-refractivity contribution in [1.29, 1.82) is 0 Å². The molecule has 1 spiro atoms. The summed E-state index contributed by atoms with van der Waals surface area (Å²) >= 11 is 0. The van der Waals surface area contributed by atoms with E-state index in [4.69, 9.17) is 9.47 Å². The van der Waals surface area contributed by atoms with Crippen LogP contribution in [0, 0.1) is 11.2 Å². The van der Waals surface area contributed by atoms with Gasteiger partial charge in [0.1, 0.15) is 36.0 Å². The quantitative estimate of drug-likeness (QED) is 0.229. The van der Waals surface area contributed by atoms with Gasteiger partial charge in [0.15, 0.2) is 17.9 Å². The van der Waals surface area contributed by atoms with Gasteiger partial charge in [-0.3, -0.25) is 14.7 Å². The molecule has 284 valence electrons. The average molecular weight is 721 g/mol. The van der Waals surface area contributed by atoms with Crippen LogP contribution in [0.15, 0.2) is 43.0 Å². The summed E-state index contributed by atoms with van der Waals surface area (Å²) in [5.41, 5.74) is 2.73. The summed E-state index contributed by atoms with van der Waals surface area (Å²) in [5.74, 6) is 1.87. The first kappa shape index (κ1) is 40.7. The number of carbonyl (C=O) groups excluding carboxylic acids is 2. The molecule has 2 aromatic heterocycles. The molecule has 3 aliphatic rings. The highest BCUT2D eigenvalue weighted by Gasteiger charge is 2.54. The first-order valence-electron chi connectivity index (χ1n) is 18.1. The summed E-state index contributed by atoms with van der Waals surface area (Å²) in [4.78, 5) is 45.1. The molecule has 4 heterocycles. The number of aldehydes is 2. The van der Waals surface area contributed by atoms with Gasteiger partial charge in [0.05, 0.1) is 18.3 Å². The van der Waals surface area contributed by atoms with Crippen LogP contribution in [-0.2, 0) is 17.8 Å². The monoisotopic (exact) mass is 720 g/mol. The Kier molecular flexibility index (Phi) is 15.0. The van der Waals surface area contributed by atoms with E-state index in [-0.39, 0.29) is 22.8 Å². The fraction of sp³-hybridized carbons (Fsp3) is 0.564.